The van der Waals surface area contributed by atoms with Crippen LogP contribution in [0, 0.1) is 5.92 Å². The van der Waals surface area contributed by atoms with E-state index in [4.69, 9.17) is 5.11 Å². The van der Waals surface area contributed by atoms with Crippen LogP contribution in [0.2, 0.25) is 0 Å². The van der Waals surface area contributed by atoms with Gasteiger partial charge in [0.1, 0.15) is 0 Å². The summed E-state index contributed by atoms with van der Waals surface area (Å²) in [7, 11) is 0. The first-order valence-corrected chi connectivity index (χ1v) is 7.77. The maximum Gasteiger partial charge on any atom is 0.335 e. The molecule has 1 aromatic rings. The molecule has 1 atom stereocenters. The van der Waals surface area contributed by atoms with E-state index in [-0.39, 0.29) is 11.5 Å². The average molecular weight is 287 g/mol. The van der Waals surface area contributed by atoms with Gasteiger partial charge in [0.15, 0.2) is 0 Å². The smallest absolute Gasteiger partial charge is 0.335 e. The molecule has 1 aliphatic heterocycles. The molecule has 1 saturated heterocycles. The third-order valence-corrected chi connectivity index (χ3v) is 4.84. The topological polar surface area (TPSA) is 57.6 Å². The molecule has 2 aliphatic rings. The van der Waals surface area contributed by atoms with Gasteiger partial charge in [-0.15, -0.1) is 0 Å². The van der Waals surface area contributed by atoms with Crippen LogP contribution in [-0.2, 0) is 11.2 Å². The summed E-state index contributed by atoms with van der Waals surface area (Å²) < 4.78 is 0. The Labute approximate surface area is 124 Å². The minimum atomic E-state index is -0.946. The molecule has 1 amide bonds. The van der Waals surface area contributed by atoms with Gasteiger partial charge in [0, 0.05) is 12.6 Å². The van der Waals surface area contributed by atoms with Crippen molar-refractivity contribution < 1.29 is 14.7 Å². The molecular formula is C17H21NO3. The van der Waals surface area contributed by atoms with E-state index in [1.165, 1.54) is 19.3 Å². The molecule has 0 spiro atoms. The van der Waals surface area contributed by atoms with Crippen LogP contribution in [0.1, 0.15) is 48.0 Å². The van der Waals surface area contributed by atoms with Crippen LogP contribution in [-0.4, -0.2) is 34.5 Å². The van der Waals surface area contributed by atoms with Crippen LogP contribution in [0.15, 0.2) is 24.3 Å². The van der Waals surface area contributed by atoms with E-state index < -0.39 is 5.97 Å². The summed E-state index contributed by atoms with van der Waals surface area (Å²) in [4.78, 5) is 25.6. The van der Waals surface area contributed by atoms with E-state index in [2.05, 4.69) is 0 Å². The number of carboxylic acid groups (broad SMARTS) is 1. The van der Waals surface area contributed by atoms with E-state index in [9.17, 15) is 9.59 Å². The molecule has 1 aliphatic carbocycles. The fourth-order valence-electron chi connectivity index (χ4n) is 3.51. The number of carboxylic acids is 1. The highest BCUT2D eigenvalue weighted by atomic mass is 16.4. The molecule has 1 aromatic carbocycles. The molecule has 1 saturated carbocycles. The molecule has 112 valence electrons. The molecule has 1 heterocycles. The van der Waals surface area contributed by atoms with Crippen LogP contribution < -0.4 is 0 Å². The van der Waals surface area contributed by atoms with Crippen molar-refractivity contribution in [3.05, 3.63) is 35.4 Å². The van der Waals surface area contributed by atoms with Crippen LogP contribution in [0.5, 0.6) is 0 Å². The van der Waals surface area contributed by atoms with E-state index in [0.717, 1.165) is 24.9 Å². The predicted octanol–water partition coefficient (Wildman–Crippen LogP) is 2.72. The normalized spacial score (nSPS) is 22.1. The number of carbonyl (C=O) groups is 2. The highest BCUT2D eigenvalue weighted by Crippen LogP contribution is 2.37. The zero-order chi connectivity index (χ0) is 14.8. The molecule has 3 rings (SSSR count). The molecule has 4 nitrogen and oxygen atoms in total. The average Bonchev–Trinajstić information content (AvgIpc) is 2.86. The minimum absolute atomic E-state index is 0.145. The number of nitrogens with zero attached hydrogens (tertiary/aromatic N) is 1. The van der Waals surface area contributed by atoms with E-state index in [0.29, 0.717) is 18.4 Å². The Balaban J connectivity index is 1.68. The summed E-state index contributed by atoms with van der Waals surface area (Å²) in [5.41, 5.74) is 1.04. The van der Waals surface area contributed by atoms with Gasteiger partial charge in [-0.3, -0.25) is 4.79 Å². The van der Waals surface area contributed by atoms with Crippen LogP contribution in [0.25, 0.3) is 0 Å². The van der Waals surface area contributed by atoms with Crippen LogP contribution in [0.3, 0.4) is 0 Å². The Bertz CT molecular complexity index is 551. The van der Waals surface area contributed by atoms with Crippen molar-refractivity contribution in [3.63, 3.8) is 0 Å². The lowest BCUT2D eigenvalue weighted by Crippen LogP contribution is -2.43. The van der Waals surface area contributed by atoms with Gasteiger partial charge in [0.25, 0.3) is 0 Å². The van der Waals surface area contributed by atoms with Gasteiger partial charge in [-0.2, -0.15) is 0 Å². The first-order chi connectivity index (χ1) is 10.1. The summed E-state index contributed by atoms with van der Waals surface area (Å²) in [6.45, 7) is 0.860. The van der Waals surface area contributed by atoms with Crippen molar-refractivity contribution >= 4 is 11.9 Å². The second-order valence-electron chi connectivity index (χ2n) is 6.17. The number of rotatable bonds is 4. The van der Waals surface area contributed by atoms with Crippen LogP contribution >= 0.6 is 0 Å². The molecular weight excluding hydrogens is 266 g/mol. The zero-order valence-corrected chi connectivity index (χ0v) is 12.1. The molecule has 0 radical (unpaired) electrons. The van der Waals surface area contributed by atoms with Crippen LogP contribution in [0.4, 0.5) is 0 Å². The van der Waals surface area contributed by atoms with Crippen molar-refractivity contribution in [3.8, 4) is 0 Å². The Morgan fingerprint density at radius 3 is 2.67 bits per heavy atom. The first-order valence-electron chi connectivity index (χ1n) is 7.77. The van der Waals surface area contributed by atoms with E-state index >= 15 is 0 Å². The Morgan fingerprint density at radius 2 is 2.00 bits per heavy atom. The lowest BCUT2D eigenvalue weighted by Gasteiger charge is -2.37. The fraction of sp³-hybridized carbons (Fsp3) is 0.529. The predicted molar refractivity (Wildman–Crippen MR) is 79.2 cm³/mol. The van der Waals surface area contributed by atoms with Gasteiger partial charge in [-0.1, -0.05) is 18.6 Å². The summed E-state index contributed by atoms with van der Waals surface area (Å²) in [5.74, 6) is -0.105. The summed E-state index contributed by atoms with van der Waals surface area (Å²) in [6, 6.07) is 7.13. The standard InChI is InChI=1S/C17H21NO3/c19-16(11-12-4-1-7-14(10-12)17(20)21)18-9-3-8-15(18)13-5-2-6-13/h1,4,7,10,13,15H,2-3,5-6,8-9,11H2,(H,20,21). The summed E-state index contributed by atoms with van der Waals surface area (Å²) >= 11 is 0. The number of likely N-dealkylation sites (tertiary alicyclic amines) is 1. The number of hydrogen-bond acceptors (Lipinski definition) is 2. The van der Waals surface area contributed by atoms with Gasteiger partial charge in [-0.05, 0) is 49.3 Å². The Hall–Kier alpha value is -1.84. The van der Waals surface area contributed by atoms with Gasteiger partial charge >= 0.3 is 5.97 Å². The van der Waals surface area contributed by atoms with Gasteiger partial charge in [0.05, 0.1) is 12.0 Å². The first kappa shape index (κ1) is 14.1. The third kappa shape index (κ3) is 2.94. The van der Waals surface area contributed by atoms with Crippen molar-refractivity contribution in [1.29, 1.82) is 0 Å². The maximum absolute atomic E-state index is 12.5. The molecule has 1 unspecified atom stereocenters. The van der Waals surface area contributed by atoms with Gasteiger partial charge < -0.3 is 10.0 Å². The maximum atomic E-state index is 12.5. The number of amides is 1. The van der Waals surface area contributed by atoms with Gasteiger partial charge in [0.2, 0.25) is 5.91 Å². The van der Waals surface area contributed by atoms with Crippen molar-refractivity contribution in [2.45, 2.75) is 44.6 Å². The van der Waals surface area contributed by atoms with Crippen molar-refractivity contribution in [2.24, 2.45) is 5.92 Å². The zero-order valence-electron chi connectivity index (χ0n) is 12.1. The highest BCUT2D eigenvalue weighted by molar-refractivity contribution is 5.88. The molecule has 4 heteroatoms. The number of benzene rings is 1. The molecule has 2 fully saturated rings. The SMILES string of the molecule is O=C(O)c1cccc(CC(=O)N2CCCC2C2CCC2)c1. The van der Waals surface area contributed by atoms with E-state index in [1.54, 1.807) is 18.2 Å². The Morgan fingerprint density at radius 1 is 1.19 bits per heavy atom. The molecule has 21 heavy (non-hydrogen) atoms. The largest absolute Gasteiger partial charge is 0.478 e. The van der Waals surface area contributed by atoms with Crippen molar-refractivity contribution in [2.75, 3.05) is 6.54 Å². The number of carbonyl (C=O) groups excluding carboxylic acids is 1. The molecule has 0 aromatic heterocycles. The highest BCUT2D eigenvalue weighted by Gasteiger charge is 2.36. The molecule has 1 N–H and O–H groups in total. The van der Waals surface area contributed by atoms with Gasteiger partial charge in [-0.25, -0.2) is 4.79 Å². The lowest BCUT2D eigenvalue weighted by molar-refractivity contribution is -0.132. The Kier molecular flexibility index (Phi) is 3.95. The fourth-order valence-corrected chi connectivity index (χ4v) is 3.51. The minimum Gasteiger partial charge on any atom is -0.478 e. The lowest BCUT2D eigenvalue weighted by atomic mass is 9.78. The summed E-state index contributed by atoms with van der Waals surface area (Å²) in [5, 5.41) is 9.01. The third-order valence-electron chi connectivity index (χ3n) is 4.84. The summed E-state index contributed by atoms with van der Waals surface area (Å²) in [6.07, 6.45) is 6.34. The van der Waals surface area contributed by atoms with E-state index in [1.807, 2.05) is 11.0 Å². The number of aromatic carboxylic acids is 1. The molecule has 0 bridgehead atoms. The monoisotopic (exact) mass is 287 g/mol. The van der Waals surface area contributed by atoms with Crippen molar-refractivity contribution in [1.82, 2.24) is 4.90 Å². The number of hydrogen-bond donors (Lipinski definition) is 1. The second kappa shape index (κ2) is 5.88. The quantitative estimate of drug-likeness (QED) is 0.926. The second-order valence-corrected chi connectivity index (χ2v) is 6.17.